The van der Waals surface area contributed by atoms with Crippen molar-refractivity contribution in [3.05, 3.63) is 30.1 Å². The molecule has 1 aromatic rings. The van der Waals surface area contributed by atoms with Gasteiger partial charge < -0.3 is 10.2 Å². The molecule has 1 saturated heterocycles. The van der Waals surface area contributed by atoms with Gasteiger partial charge in [-0.3, -0.25) is 14.4 Å². The molecule has 1 unspecified atom stereocenters. The molecule has 2 rings (SSSR count). The minimum Gasteiger partial charge on any atom is -0.350 e. The van der Waals surface area contributed by atoms with Crippen LogP contribution in [-0.4, -0.2) is 34.8 Å². The lowest BCUT2D eigenvalue weighted by Gasteiger charge is -2.27. The minimum atomic E-state index is -0.449. The number of nitrogens with one attached hydrogen (secondary N) is 1. The van der Waals surface area contributed by atoms with Crippen molar-refractivity contribution in [1.82, 2.24) is 5.32 Å². The molecule has 0 radical (unpaired) electrons. The molecule has 1 heterocycles. The van der Waals surface area contributed by atoms with Crippen LogP contribution in [0, 0.1) is 11.7 Å². The van der Waals surface area contributed by atoms with E-state index in [1.807, 2.05) is 20.8 Å². The molecule has 0 aliphatic carbocycles. The third-order valence-electron chi connectivity index (χ3n) is 3.43. The van der Waals surface area contributed by atoms with E-state index in [0.29, 0.717) is 11.4 Å². The van der Waals surface area contributed by atoms with Crippen molar-refractivity contribution in [2.24, 2.45) is 5.92 Å². The van der Waals surface area contributed by atoms with Gasteiger partial charge in [-0.25, -0.2) is 4.39 Å². The maximum absolute atomic E-state index is 13.2. The zero-order chi connectivity index (χ0) is 17.9. The smallest absolute Gasteiger partial charge is 0.240 e. The number of amides is 2. The lowest BCUT2D eigenvalue weighted by Crippen LogP contribution is -2.48. The number of hydrogen-bond donors (Lipinski definition) is 1. The molecule has 1 aliphatic heterocycles. The number of rotatable bonds is 4. The highest BCUT2D eigenvalue weighted by Gasteiger charge is 2.34. The summed E-state index contributed by atoms with van der Waals surface area (Å²) in [7, 11) is 0. The average molecular weight is 352 g/mol. The molecular formula is C17H21FN2O3S. The van der Waals surface area contributed by atoms with Gasteiger partial charge in [-0.15, -0.1) is 0 Å². The van der Waals surface area contributed by atoms with Gasteiger partial charge in [-0.1, -0.05) is 11.8 Å². The summed E-state index contributed by atoms with van der Waals surface area (Å²) < 4.78 is 13.2. The highest BCUT2D eigenvalue weighted by molar-refractivity contribution is 8.14. The first-order chi connectivity index (χ1) is 11.2. The van der Waals surface area contributed by atoms with E-state index in [0.717, 1.165) is 11.8 Å². The summed E-state index contributed by atoms with van der Waals surface area (Å²) in [5.74, 6) is -1.05. The van der Waals surface area contributed by atoms with Gasteiger partial charge in [-0.2, -0.15) is 0 Å². The van der Waals surface area contributed by atoms with Gasteiger partial charge in [0.2, 0.25) is 11.8 Å². The first kappa shape index (κ1) is 18.4. The summed E-state index contributed by atoms with van der Waals surface area (Å²) >= 11 is 1.13. The van der Waals surface area contributed by atoms with Gasteiger partial charge in [-0.05, 0) is 45.0 Å². The van der Waals surface area contributed by atoms with Crippen LogP contribution in [0.25, 0.3) is 0 Å². The molecule has 1 atom stereocenters. The number of hydrogen-bond acceptors (Lipinski definition) is 4. The van der Waals surface area contributed by atoms with E-state index in [2.05, 4.69) is 5.32 Å². The number of carbonyl (C=O) groups is 3. The fourth-order valence-electron chi connectivity index (χ4n) is 2.41. The van der Waals surface area contributed by atoms with E-state index in [4.69, 9.17) is 0 Å². The monoisotopic (exact) mass is 352 g/mol. The second-order valence-corrected chi connectivity index (χ2v) is 7.86. The lowest BCUT2D eigenvalue weighted by molar-refractivity contribution is -0.126. The van der Waals surface area contributed by atoms with Crippen molar-refractivity contribution >= 4 is 34.4 Å². The van der Waals surface area contributed by atoms with Crippen LogP contribution in [0.15, 0.2) is 24.3 Å². The number of nitrogens with zero attached hydrogens (tertiary/aromatic N) is 1. The van der Waals surface area contributed by atoms with E-state index >= 15 is 0 Å². The second-order valence-electron chi connectivity index (χ2n) is 6.78. The van der Waals surface area contributed by atoms with E-state index in [9.17, 15) is 18.8 Å². The summed E-state index contributed by atoms with van der Waals surface area (Å²) in [5, 5.41) is 2.78. The number of carbonyl (C=O) groups excluding carboxylic acids is 3. The molecule has 7 heteroatoms. The third-order valence-corrected chi connectivity index (χ3v) is 4.49. The first-order valence-corrected chi connectivity index (χ1v) is 8.68. The molecule has 1 aliphatic rings. The fraction of sp³-hybridized carbons (Fsp3) is 0.471. The van der Waals surface area contributed by atoms with Crippen LogP contribution < -0.4 is 10.2 Å². The quantitative estimate of drug-likeness (QED) is 0.903. The van der Waals surface area contributed by atoms with Gasteiger partial charge in [0.15, 0.2) is 5.12 Å². The number of anilines is 1. The minimum absolute atomic E-state index is 0.0217. The van der Waals surface area contributed by atoms with Gasteiger partial charge in [0.05, 0.1) is 5.92 Å². The molecule has 1 N–H and O–H groups in total. The molecule has 1 aromatic carbocycles. The summed E-state index contributed by atoms with van der Waals surface area (Å²) in [6.45, 7) is 5.38. The van der Waals surface area contributed by atoms with Crippen LogP contribution in [0.3, 0.4) is 0 Å². The molecule has 130 valence electrons. The average Bonchev–Trinajstić information content (AvgIpc) is 2.90. The normalized spacial score (nSPS) is 17.7. The summed E-state index contributed by atoms with van der Waals surface area (Å²) in [6.07, 6.45) is 0.169. The Morgan fingerprint density at radius 3 is 2.42 bits per heavy atom. The Balaban J connectivity index is 2.21. The van der Waals surface area contributed by atoms with E-state index in [1.165, 1.54) is 29.2 Å². The van der Waals surface area contributed by atoms with Crippen LogP contribution in [-0.2, 0) is 14.4 Å². The highest BCUT2D eigenvalue weighted by Crippen LogP contribution is 2.28. The van der Waals surface area contributed by atoms with Crippen LogP contribution in [0.1, 0.15) is 27.2 Å². The Bertz CT molecular complexity index is 640. The standard InChI is InChI=1S/C17H21FN2O3S/c1-17(2,3)19-14(21)9-20(13-6-4-12(18)5-7-13)16(23)11-8-15(22)24-10-11/h4-7,11H,8-10H2,1-3H3,(H,19,21). The fourth-order valence-corrected chi connectivity index (χ4v) is 3.38. The van der Waals surface area contributed by atoms with Crippen LogP contribution >= 0.6 is 11.8 Å². The zero-order valence-corrected chi connectivity index (χ0v) is 14.8. The highest BCUT2D eigenvalue weighted by atomic mass is 32.2. The molecule has 2 amide bonds. The van der Waals surface area contributed by atoms with Gasteiger partial charge in [0.25, 0.3) is 0 Å². The molecule has 0 spiro atoms. The molecular weight excluding hydrogens is 331 g/mol. The third kappa shape index (κ3) is 5.06. The van der Waals surface area contributed by atoms with Crippen LogP contribution in [0.5, 0.6) is 0 Å². The Hall–Kier alpha value is -1.89. The lowest BCUT2D eigenvalue weighted by atomic mass is 10.1. The Kier molecular flexibility index (Phi) is 5.64. The molecule has 0 saturated carbocycles. The second kappa shape index (κ2) is 7.34. The van der Waals surface area contributed by atoms with Crippen LogP contribution in [0.2, 0.25) is 0 Å². The van der Waals surface area contributed by atoms with Gasteiger partial charge in [0.1, 0.15) is 12.4 Å². The van der Waals surface area contributed by atoms with Crippen molar-refractivity contribution < 1.29 is 18.8 Å². The van der Waals surface area contributed by atoms with Crippen LogP contribution in [0.4, 0.5) is 10.1 Å². The van der Waals surface area contributed by atoms with Gasteiger partial charge >= 0.3 is 0 Å². The summed E-state index contributed by atoms with van der Waals surface area (Å²) in [5.41, 5.74) is 0.0168. The van der Waals surface area contributed by atoms with Crippen molar-refractivity contribution in [2.45, 2.75) is 32.7 Å². The Labute approximate surface area is 145 Å². The van der Waals surface area contributed by atoms with E-state index in [-0.39, 0.29) is 29.9 Å². The summed E-state index contributed by atoms with van der Waals surface area (Å²) in [4.78, 5) is 37.8. The van der Waals surface area contributed by atoms with Crippen molar-refractivity contribution in [3.8, 4) is 0 Å². The predicted molar refractivity (Wildman–Crippen MR) is 92.2 cm³/mol. The van der Waals surface area contributed by atoms with Gasteiger partial charge in [0, 0.05) is 23.4 Å². The Morgan fingerprint density at radius 1 is 1.29 bits per heavy atom. The van der Waals surface area contributed by atoms with E-state index < -0.39 is 17.3 Å². The SMILES string of the molecule is CC(C)(C)NC(=O)CN(C(=O)C1CSC(=O)C1)c1ccc(F)cc1. The van der Waals surface area contributed by atoms with Crippen molar-refractivity contribution in [3.63, 3.8) is 0 Å². The predicted octanol–water partition coefficient (Wildman–Crippen LogP) is 2.35. The largest absolute Gasteiger partial charge is 0.350 e. The molecule has 0 aromatic heterocycles. The van der Waals surface area contributed by atoms with E-state index in [1.54, 1.807) is 0 Å². The van der Waals surface area contributed by atoms with Crippen molar-refractivity contribution in [1.29, 1.82) is 0 Å². The number of halogens is 1. The maximum Gasteiger partial charge on any atom is 0.240 e. The number of thioether (sulfide) groups is 1. The summed E-state index contributed by atoms with van der Waals surface area (Å²) in [6, 6.07) is 5.40. The first-order valence-electron chi connectivity index (χ1n) is 7.69. The molecule has 24 heavy (non-hydrogen) atoms. The zero-order valence-electron chi connectivity index (χ0n) is 14.0. The topological polar surface area (TPSA) is 66.5 Å². The maximum atomic E-state index is 13.2. The molecule has 5 nitrogen and oxygen atoms in total. The Morgan fingerprint density at radius 2 is 1.92 bits per heavy atom. The van der Waals surface area contributed by atoms with Crippen molar-refractivity contribution in [2.75, 3.05) is 17.2 Å². The number of benzene rings is 1. The molecule has 0 bridgehead atoms. The molecule has 1 fully saturated rings.